The Morgan fingerprint density at radius 1 is 1.42 bits per heavy atom. The topological polar surface area (TPSA) is 41.1 Å². The molecule has 0 radical (unpaired) electrons. The Kier molecular flexibility index (Phi) is 0.966. The summed E-state index contributed by atoms with van der Waals surface area (Å²) in [6.45, 7) is 0.821. The van der Waals surface area contributed by atoms with Crippen molar-refractivity contribution in [2.45, 2.75) is 12.6 Å². The number of rotatable bonds is 0. The summed E-state index contributed by atoms with van der Waals surface area (Å²) in [5, 5.41) is 6.00. The van der Waals surface area contributed by atoms with Gasteiger partial charge in [0.05, 0.1) is 0 Å². The van der Waals surface area contributed by atoms with E-state index in [1.165, 1.54) is 5.56 Å². The van der Waals surface area contributed by atoms with Crippen LogP contribution in [0, 0.1) is 0 Å². The highest BCUT2D eigenvalue weighted by Gasteiger charge is 2.35. The van der Waals surface area contributed by atoms with Gasteiger partial charge < -0.3 is 5.32 Å². The zero-order valence-corrected chi connectivity index (χ0v) is 6.42. The van der Waals surface area contributed by atoms with E-state index in [9.17, 15) is 4.79 Å². The van der Waals surface area contributed by atoms with Gasteiger partial charge in [0.15, 0.2) is 0 Å². The van der Waals surface area contributed by atoms with E-state index in [4.69, 9.17) is 0 Å². The zero-order valence-electron chi connectivity index (χ0n) is 6.42. The van der Waals surface area contributed by atoms with Crippen molar-refractivity contribution in [1.82, 2.24) is 5.32 Å². The minimum Gasteiger partial charge on any atom is -0.324 e. The van der Waals surface area contributed by atoms with E-state index in [0.29, 0.717) is 0 Å². The van der Waals surface area contributed by atoms with E-state index in [-0.39, 0.29) is 11.9 Å². The van der Waals surface area contributed by atoms with E-state index in [2.05, 4.69) is 16.7 Å². The highest BCUT2D eigenvalue weighted by Crippen LogP contribution is 2.37. The lowest BCUT2D eigenvalue weighted by Gasteiger charge is -1.99. The number of carbonyl (C=O) groups is 1. The SMILES string of the molecule is O=C1Nc2cccc3c2C1NC3. The van der Waals surface area contributed by atoms with Gasteiger partial charge in [-0.2, -0.15) is 0 Å². The van der Waals surface area contributed by atoms with E-state index in [1.807, 2.05) is 12.1 Å². The molecule has 0 fully saturated rings. The Labute approximate surface area is 69.8 Å². The van der Waals surface area contributed by atoms with Crippen molar-refractivity contribution < 1.29 is 4.79 Å². The maximum absolute atomic E-state index is 11.3. The van der Waals surface area contributed by atoms with Crippen LogP contribution in [0.25, 0.3) is 0 Å². The number of anilines is 1. The fourth-order valence-corrected chi connectivity index (χ4v) is 1.96. The number of benzene rings is 1. The Balaban J connectivity index is 2.31. The summed E-state index contributed by atoms with van der Waals surface area (Å²) in [4.78, 5) is 11.3. The molecule has 1 aromatic carbocycles. The van der Waals surface area contributed by atoms with Gasteiger partial charge >= 0.3 is 0 Å². The number of hydrogen-bond acceptors (Lipinski definition) is 2. The molecular weight excluding hydrogens is 152 g/mol. The molecule has 0 aromatic heterocycles. The van der Waals surface area contributed by atoms with Gasteiger partial charge in [-0.3, -0.25) is 10.1 Å². The minimum absolute atomic E-state index is 0.0787. The smallest absolute Gasteiger partial charge is 0.246 e. The van der Waals surface area contributed by atoms with Crippen LogP contribution in [0.4, 0.5) is 5.69 Å². The van der Waals surface area contributed by atoms with Crippen molar-refractivity contribution in [2.75, 3.05) is 5.32 Å². The molecule has 1 unspecified atom stereocenters. The molecule has 3 nitrogen and oxygen atoms in total. The molecule has 0 bridgehead atoms. The van der Waals surface area contributed by atoms with Crippen LogP contribution in [0.5, 0.6) is 0 Å². The Hall–Kier alpha value is -1.35. The normalized spacial score (nSPS) is 24.0. The first-order valence-electron chi connectivity index (χ1n) is 4.02. The predicted octanol–water partition coefficient (Wildman–Crippen LogP) is 0.783. The lowest BCUT2D eigenvalue weighted by atomic mass is 10.1. The van der Waals surface area contributed by atoms with Crippen molar-refractivity contribution in [3.63, 3.8) is 0 Å². The van der Waals surface area contributed by atoms with Gasteiger partial charge in [-0.1, -0.05) is 12.1 Å². The molecule has 1 aromatic rings. The summed E-state index contributed by atoms with van der Waals surface area (Å²) in [5.41, 5.74) is 3.38. The van der Waals surface area contributed by atoms with Crippen LogP contribution in [0.3, 0.4) is 0 Å². The second kappa shape index (κ2) is 1.87. The van der Waals surface area contributed by atoms with Crippen molar-refractivity contribution in [3.8, 4) is 0 Å². The standard InChI is InChI=1S/C9H8N2O/c12-9-8-7-5(4-10-8)2-1-3-6(7)11-9/h1-3,8,10H,4H2,(H,11,12). The van der Waals surface area contributed by atoms with Crippen LogP contribution in [0.2, 0.25) is 0 Å². The molecule has 1 atom stereocenters. The number of nitrogens with one attached hydrogen (secondary N) is 2. The van der Waals surface area contributed by atoms with E-state index in [0.717, 1.165) is 17.8 Å². The van der Waals surface area contributed by atoms with Crippen molar-refractivity contribution in [2.24, 2.45) is 0 Å². The molecule has 0 saturated carbocycles. The summed E-state index contributed by atoms with van der Waals surface area (Å²) in [6.07, 6.45) is 0. The first-order chi connectivity index (χ1) is 5.86. The average Bonchev–Trinajstić information content (AvgIpc) is 2.60. The van der Waals surface area contributed by atoms with Crippen LogP contribution < -0.4 is 10.6 Å². The van der Waals surface area contributed by atoms with E-state index in [1.54, 1.807) is 0 Å². The monoisotopic (exact) mass is 160 g/mol. The third-order valence-corrected chi connectivity index (χ3v) is 2.50. The number of hydrogen-bond donors (Lipinski definition) is 2. The molecule has 2 aliphatic heterocycles. The largest absolute Gasteiger partial charge is 0.324 e. The summed E-state index contributed by atoms with van der Waals surface area (Å²) in [6, 6.07) is 5.90. The number of amides is 1. The first kappa shape index (κ1) is 6.20. The summed E-state index contributed by atoms with van der Waals surface area (Å²) in [7, 11) is 0. The van der Waals surface area contributed by atoms with Crippen LogP contribution in [-0.2, 0) is 11.3 Å². The lowest BCUT2D eigenvalue weighted by molar-refractivity contribution is -0.117. The lowest BCUT2D eigenvalue weighted by Crippen LogP contribution is -2.22. The maximum Gasteiger partial charge on any atom is 0.246 e. The molecule has 0 saturated heterocycles. The molecule has 3 rings (SSSR count). The molecule has 12 heavy (non-hydrogen) atoms. The molecule has 3 heteroatoms. The van der Waals surface area contributed by atoms with Gasteiger partial charge in [0.25, 0.3) is 0 Å². The molecule has 0 aliphatic carbocycles. The Morgan fingerprint density at radius 2 is 2.33 bits per heavy atom. The predicted molar refractivity (Wildman–Crippen MR) is 44.7 cm³/mol. The van der Waals surface area contributed by atoms with Gasteiger partial charge in [-0.15, -0.1) is 0 Å². The second-order valence-electron chi connectivity index (χ2n) is 3.18. The van der Waals surface area contributed by atoms with E-state index >= 15 is 0 Å². The Morgan fingerprint density at radius 3 is 3.25 bits per heavy atom. The molecule has 2 aliphatic rings. The molecular formula is C9H8N2O. The minimum atomic E-state index is -0.0869. The molecule has 2 N–H and O–H groups in total. The first-order valence-corrected chi connectivity index (χ1v) is 4.02. The molecule has 1 amide bonds. The fourth-order valence-electron chi connectivity index (χ4n) is 1.96. The van der Waals surface area contributed by atoms with Crippen molar-refractivity contribution in [1.29, 1.82) is 0 Å². The van der Waals surface area contributed by atoms with E-state index < -0.39 is 0 Å². The van der Waals surface area contributed by atoms with Gasteiger partial charge in [-0.25, -0.2) is 0 Å². The van der Waals surface area contributed by atoms with Crippen LogP contribution in [-0.4, -0.2) is 5.91 Å². The van der Waals surface area contributed by atoms with Gasteiger partial charge in [0, 0.05) is 17.8 Å². The van der Waals surface area contributed by atoms with Crippen molar-refractivity contribution in [3.05, 3.63) is 29.3 Å². The Bertz CT molecular complexity index is 373. The fraction of sp³-hybridized carbons (Fsp3) is 0.222. The third kappa shape index (κ3) is 0.576. The maximum atomic E-state index is 11.3. The van der Waals surface area contributed by atoms with Gasteiger partial charge in [0.1, 0.15) is 6.04 Å². The highest BCUT2D eigenvalue weighted by molar-refractivity contribution is 6.03. The zero-order chi connectivity index (χ0) is 8.13. The van der Waals surface area contributed by atoms with Crippen LogP contribution in [0.15, 0.2) is 18.2 Å². The van der Waals surface area contributed by atoms with Crippen LogP contribution in [0.1, 0.15) is 17.2 Å². The molecule has 2 heterocycles. The summed E-state index contributed by atoms with van der Waals surface area (Å²) >= 11 is 0. The summed E-state index contributed by atoms with van der Waals surface area (Å²) < 4.78 is 0. The second-order valence-corrected chi connectivity index (χ2v) is 3.18. The van der Waals surface area contributed by atoms with Gasteiger partial charge in [0.2, 0.25) is 5.91 Å². The third-order valence-electron chi connectivity index (χ3n) is 2.50. The highest BCUT2D eigenvalue weighted by atomic mass is 16.2. The molecule has 0 spiro atoms. The summed E-state index contributed by atoms with van der Waals surface area (Å²) in [5.74, 6) is 0.0787. The van der Waals surface area contributed by atoms with Crippen molar-refractivity contribution >= 4 is 11.6 Å². The average molecular weight is 160 g/mol. The number of carbonyl (C=O) groups excluding carboxylic acids is 1. The van der Waals surface area contributed by atoms with Gasteiger partial charge in [-0.05, 0) is 11.6 Å². The quantitative estimate of drug-likeness (QED) is 0.589. The van der Waals surface area contributed by atoms with Crippen LogP contribution >= 0.6 is 0 Å². The molecule has 60 valence electrons.